The fraction of sp³-hybridized carbons (Fsp3) is 0.222. The van der Waals surface area contributed by atoms with E-state index in [4.69, 9.17) is 4.74 Å². The average molecular weight is 196 g/mol. The average Bonchev–Trinajstić information content (AvgIpc) is 2.17. The number of carbonyl (C=O) groups excluding carboxylic acids is 1. The van der Waals surface area contributed by atoms with Gasteiger partial charge in [-0.1, -0.05) is 0 Å². The number of nitrogens with one attached hydrogen (secondary N) is 2. The van der Waals surface area contributed by atoms with Crippen LogP contribution in [0.3, 0.4) is 0 Å². The molecule has 4 nitrogen and oxygen atoms in total. The third kappa shape index (κ3) is 1.37. The highest BCUT2D eigenvalue weighted by Crippen LogP contribution is 2.35. The van der Waals surface area contributed by atoms with Gasteiger partial charge in [0.15, 0.2) is 0 Å². The molecule has 0 fully saturated rings. The van der Waals surface area contributed by atoms with Gasteiger partial charge in [0.1, 0.15) is 17.3 Å². The third-order valence-electron chi connectivity index (χ3n) is 1.99. The molecule has 5 heteroatoms. The van der Waals surface area contributed by atoms with Crippen molar-refractivity contribution < 1.29 is 13.9 Å². The van der Waals surface area contributed by atoms with E-state index in [0.717, 1.165) is 0 Å². The molecule has 2 N–H and O–H groups in total. The van der Waals surface area contributed by atoms with Crippen LogP contribution in [-0.4, -0.2) is 19.6 Å². The number of amides is 1. The first-order chi connectivity index (χ1) is 6.70. The Kier molecular flexibility index (Phi) is 1.99. The first-order valence-corrected chi connectivity index (χ1v) is 4.12. The fourth-order valence-corrected chi connectivity index (χ4v) is 1.37. The molecule has 1 heterocycles. The highest BCUT2D eigenvalue weighted by Gasteiger charge is 2.19. The minimum Gasteiger partial charge on any atom is -0.494 e. The van der Waals surface area contributed by atoms with Gasteiger partial charge in [0, 0.05) is 6.07 Å². The Morgan fingerprint density at radius 3 is 3.00 bits per heavy atom. The van der Waals surface area contributed by atoms with Crippen molar-refractivity contribution in [1.29, 1.82) is 0 Å². The lowest BCUT2D eigenvalue weighted by Crippen LogP contribution is -2.27. The second kappa shape index (κ2) is 3.17. The van der Waals surface area contributed by atoms with E-state index in [1.165, 1.54) is 19.2 Å². The highest BCUT2D eigenvalue weighted by atomic mass is 19.1. The van der Waals surface area contributed by atoms with Gasteiger partial charge in [0.2, 0.25) is 5.91 Å². The number of hydrogen-bond donors (Lipinski definition) is 2. The van der Waals surface area contributed by atoms with Crippen molar-refractivity contribution in [2.24, 2.45) is 0 Å². The van der Waals surface area contributed by atoms with Gasteiger partial charge in [-0.05, 0) is 6.07 Å². The Morgan fingerprint density at radius 1 is 1.50 bits per heavy atom. The summed E-state index contributed by atoms with van der Waals surface area (Å²) in [6, 6.07) is 2.55. The topological polar surface area (TPSA) is 50.4 Å². The zero-order valence-corrected chi connectivity index (χ0v) is 7.56. The van der Waals surface area contributed by atoms with Crippen LogP contribution in [0.1, 0.15) is 0 Å². The first-order valence-electron chi connectivity index (χ1n) is 4.12. The van der Waals surface area contributed by atoms with Crippen molar-refractivity contribution in [1.82, 2.24) is 0 Å². The summed E-state index contributed by atoms with van der Waals surface area (Å²) in [4.78, 5) is 11.1. The Bertz CT molecular complexity index is 375. The second-order valence-corrected chi connectivity index (χ2v) is 2.93. The molecule has 1 aliphatic heterocycles. The van der Waals surface area contributed by atoms with Crippen LogP contribution in [0.4, 0.5) is 15.8 Å². The molecule has 0 aliphatic carbocycles. The molecule has 0 aromatic heterocycles. The van der Waals surface area contributed by atoms with E-state index >= 15 is 0 Å². The Balaban J connectivity index is 2.52. The molecular formula is C9H9FN2O2. The van der Waals surface area contributed by atoms with Crippen LogP contribution in [0.25, 0.3) is 0 Å². The highest BCUT2D eigenvalue weighted by molar-refractivity contribution is 6.02. The zero-order chi connectivity index (χ0) is 10.1. The fourth-order valence-electron chi connectivity index (χ4n) is 1.37. The van der Waals surface area contributed by atoms with E-state index in [1.54, 1.807) is 0 Å². The van der Waals surface area contributed by atoms with E-state index in [2.05, 4.69) is 10.6 Å². The van der Waals surface area contributed by atoms with Crippen molar-refractivity contribution in [3.63, 3.8) is 0 Å². The number of anilines is 2. The van der Waals surface area contributed by atoms with Crippen LogP contribution < -0.4 is 15.4 Å². The maximum atomic E-state index is 13.0. The number of ether oxygens (including phenoxy) is 1. The van der Waals surface area contributed by atoms with Crippen molar-refractivity contribution in [2.45, 2.75) is 0 Å². The number of rotatable bonds is 1. The summed E-state index contributed by atoms with van der Waals surface area (Å²) in [5, 5.41) is 5.41. The summed E-state index contributed by atoms with van der Waals surface area (Å²) in [5.41, 5.74) is 1.03. The lowest BCUT2D eigenvalue weighted by atomic mass is 10.2. The maximum Gasteiger partial charge on any atom is 0.243 e. The van der Waals surface area contributed by atoms with Gasteiger partial charge >= 0.3 is 0 Å². The van der Waals surface area contributed by atoms with Crippen LogP contribution in [0.5, 0.6) is 5.75 Å². The summed E-state index contributed by atoms with van der Waals surface area (Å²) in [7, 11) is 1.43. The number of hydrogen-bond acceptors (Lipinski definition) is 3. The summed E-state index contributed by atoms with van der Waals surface area (Å²) in [6.07, 6.45) is 0. The van der Waals surface area contributed by atoms with Crippen molar-refractivity contribution in [3.05, 3.63) is 17.9 Å². The predicted molar refractivity (Wildman–Crippen MR) is 50.1 cm³/mol. The van der Waals surface area contributed by atoms with Gasteiger partial charge in [-0.2, -0.15) is 0 Å². The molecule has 0 atom stereocenters. The normalized spacial score (nSPS) is 14.0. The predicted octanol–water partition coefficient (Wildman–Crippen LogP) is 1.20. The van der Waals surface area contributed by atoms with Gasteiger partial charge < -0.3 is 15.4 Å². The summed E-state index contributed by atoms with van der Waals surface area (Å²) in [6.45, 7) is 0.152. The van der Waals surface area contributed by atoms with Gasteiger partial charge in [0.05, 0.1) is 19.3 Å². The van der Waals surface area contributed by atoms with E-state index in [9.17, 15) is 9.18 Å². The Labute approximate surface area is 80.1 Å². The molecule has 74 valence electrons. The van der Waals surface area contributed by atoms with Gasteiger partial charge in [-0.3, -0.25) is 4.79 Å². The van der Waals surface area contributed by atoms with Crippen LogP contribution in [-0.2, 0) is 4.79 Å². The summed E-state index contributed by atoms with van der Waals surface area (Å²) in [5.74, 6) is -0.243. The Morgan fingerprint density at radius 2 is 2.29 bits per heavy atom. The van der Waals surface area contributed by atoms with Crippen LogP contribution >= 0.6 is 0 Å². The Hall–Kier alpha value is -1.78. The summed E-state index contributed by atoms with van der Waals surface area (Å²) >= 11 is 0. The van der Waals surface area contributed by atoms with Gasteiger partial charge in [-0.25, -0.2) is 4.39 Å². The minimum atomic E-state index is -0.399. The molecular weight excluding hydrogens is 187 g/mol. The minimum absolute atomic E-state index is 0.152. The standard InChI is InChI=1S/C9H9FN2O2/c1-14-7-3-5(10)2-6-9(7)12-8(13)4-11-6/h2-3,11H,4H2,1H3,(H,12,13). The molecule has 0 spiro atoms. The van der Waals surface area contributed by atoms with E-state index in [0.29, 0.717) is 17.1 Å². The van der Waals surface area contributed by atoms with Crippen molar-refractivity contribution >= 4 is 17.3 Å². The van der Waals surface area contributed by atoms with Crippen LogP contribution in [0.15, 0.2) is 12.1 Å². The molecule has 2 rings (SSSR count). The SMILES string of the molecule is COc1cc(F)cc2c1NC(=O)CN2. The van der Waals surface area contributed by atoms with E-state index in [-0.39, 0.29) is 12.5 Å². The lowest BCUT2D eigenvalue weighted by Gasteiger charge is -2.20. The molecule has 14 heavy (non-hydrogen) atoms. The number of benzene rings is 1. The quantitative estimate of drug-likeness (QED) is 0.709. The number of halogens is 1. The van der Waals surface area contributed by atoms with Crippen LogP contribution in [0, 0.1) is 5.82 Å². The molecule has 1 aliphatic rings. The summed E-state index contributed by atoms with van der Waals surface area (Å²) < 4.78 is 18.0. The van der Waals surface area contributed by atoms with Gasteiger partial charge in [0.25, 0.3) is 0 Å². The van der Waals surface area contributed by atoms with Crippen molar-refractivity contribution in [3.8, 4) is 5.75 Å². The smallest absolute Gasteiger partial charge is 0.243 e. The largest absolute Gasteiger partial charge is 0.494 e. The number of methoxy groups -OCH3 is 1. The molecule has 0 radical (unpaired) electrons. The monoisotopic (exact) mass is 196 g/mol. The number of carbonyl (C=O) groups is 1. The molecule has 1 amide bonds. The zero-order valence-electron chi connectivity index (χ0n) is 7.56. The lowest BCUT2D eigenvalue weighted by molar-refractivity contribution is -0.114. The first kappa shape index (κ1) is 8.80. The van der Waals surface area contributed by atoms with Crippen LogP contribution in [0.2, 0.25) is 0 Å². The maximum absolute atomic E-state index is 13.0. The molecule has 1 aromatic carbocycles. The third-order valence-corrected chi connectivity index (χ3v) is 1.99. The van der Waals surface area contributed by atoms with E-state index in [1.807, 2.05) is 0 Å². The number of fused-ring (bicyclic) bond motifs is 1. The molecule has 1 aromatic rings. The van der Waals surface area contributed by atoms with Crippen molar-refractivity contribution in [2.75, 3.05) is 24.3 Å². The molecule has 0 unspecified atom stereocenters. The molecule has 0 saturated carbocycles. The van der Waals surface area contributed by atoms with Gasteiger partial charge in [-0.15, -0.1) is 0 Å². The van der Waals surface area contributed by atoms with E-state index < -0.39 is 5.82 Å². The second-order valence-electron chi connectivity index (χ2n) is 2.93. The molecule has 0 saturated heterocycles. The molecule has 0 bridgehead atoms.